The van der Waals surface area contributed by atoms with E-state index in [-0.39, 0.29) is 12.0 Å². The molecule has 0 aromatic rings. The monoisotopic (exact) mass is 230 g/mol. The van der Waals surface area contributed by atoms with Crippen molar-refractivity contribution in [2.24, 2.45) is 0 Å². The first-order chi connectivity index (χ1) is 7.31. The Hall–Kier alpha value is -0.610. The number of nitrogens with one attached hydrogen (secondary N) is 1. The fraction of sp³-hybridized carbons (Fsp3) is 0.917. The first-order valence-electron chi connectivity index (χ1n) is 5.93. The molecule has 0 saturated carbocycles. The van der Waals surface area contributed by atoms with Crippen LogP contribution < -0.4 is 5.32 Å². The molecule has 16 heavy (non-hydrogen) atoms. The second-order valence-corrected chi connectivity index (χ2v) is 4.80. The Balaban J connectivity index is 4.07. The second-order valence-electron chi connectivity index (χ2n) is 4.80. The molecule has 0 spiro atoms. The largest absolute Gasteiger partial charge is 0.377 e. The Morgan fingerprint density at radius 3 is 2.44 bits per heavy atom. The number of amides is 1. The van der Waals surface area contributed by atoms with Gasteiger partial charge >= 0.3 is 0 Å². The van der Waals surface area contributed by atoms with Crippen molar-refractivity contribution in [3.63, 3.8) is 0 Å². The molecule has 0 bridgehead atoms. The number of nitrogens with zero attached hydrogens (tertiary/aromatic N) is 1. The molecule has 1 amide bonds. The van der Waals surface area contributed by atoms with Gasteiger partial charge in [-0.2, -0.15) is 0 Å². The van der Waals surface area contributed by atoms with Gasteiger partial charge in [-0.1, -0.05) is 6.92 Å². The first kappa shape index (κ1) is 15.4. The molecule has 4 nitrogen and oxygen atoms in total. The summed E-state index contributed by atoms with van der Waals surface area (Å²) >= 11 is 0. The Labute approximate surface area is 99.3 Å². The molecule has 4 heteroatoms. The van der Waals surface area contributed by atoms with E-state index >= 15 is 0 Å². The van der Waals surface area contributed by atoms with Gasteiger partial charge in [0.05, 0.1) is 18.2 Å². The van der Waals surface area contributed by atoms with E-state index < -0.39 is 5.54 Å². The number of likely N-dealkylation sites (N-methyl/N-ethyl adjacent to an activating group) is 2. The van der Waals surface area contributed by atoms with Crippen molar-refractivity contribution in [3.05, 3.63) is 0 Å². The smallest absolute Gasteiger partial charge is 0.242 e. The third-order valence-corrected chi connectivity index (χ3v) is 2.38. The van der Waals surface area contributed by atoms with Gasteiger partial charge in [0.15, 0.2) is 0 Å². The van der Waals surface area contributed by atoms with Gasteiger partial charge in [0.25, 0.3) is 0 Å². The van der Waals surface area contributed by atoms with Gasteiger partial charge in [0.1, 0.15) is 0 Å². The minimum atomic E-state index is -0.499. The van der Waals surface area contributed by atoms with Crippen LogP contribution >= 0.6 is 0 Å². The molecule has 0 aromatic heterocycles. The van der Waals surface area contributed by atoms with Crippen molar-refractivity contribution >= 4 is 5.91 Å². The van der Waals surface area contributed by atoms with Crippen molar-refractivity contribution in [1.82, 2.24) is 10.2 Å². The number of carbonyl (C=O) groups excluding carboxylic acids is 1. The zero-order valence-corrected chi connectivity index (χ0v) is 11.5. The maximum Gasteiger partial charge on any atom is 0.242 e. The van der Waals surface area contributed by atoms with E-state index in [9.17, 15) is 4.79 Å². The van der Waals surface area contributed by atoms with Gasteiger partial charge in [-0.05, 0) is 34.2 Å². The fourth-order valence-corrected chi connectivity index (χ4v) is 1.52. The maximum absolute atomic E-state index is 12.0. The highest BCUT2D eigenvalue weighted by Crippen LogP contribution is 2.06. The predicted molar refractivity (Wildman–Crippen MR) is 66.5 cm³/mol. The van der Waals surface area contributed by atoms with Crippen LogP contribution in [0.25, 0.3) is 0 Å². The van der Waals surface area contributed by atoms with Crippen LogP contribution in [0.5, 0.6) is 0 Å². The van der Waals surface area contributed by atoms with Crippen molar-refractivity contribution < 1.29 is 9.53 Å². The lowest BCUT2D eigenvalue weighted by molar-refractivity contribution is -0.136. The van der Waals surface area contributed by atoms with Crippen LogP contribution in [0.2, 0.25) is 0 Å². The van der Waals surface area contributed by atoms with Gasteiger partial charge < -0.3 is 15.0 Å². The molecule has 0 radical (unpaired) electrons. The SMILES string of the molecule is CCNC(C)(C)C(=O)N(C)CCOC(C)C. The lowest BCUT2D eigenvalue weighted by Gasteiger charge is -2.30. The molecule has 0 heterocycles. The van der Waals surface area contributed by atoms with Crippen LogP contribution in [0.15, 0.2) is 0 Å². The molecule has 0 aliphatic carbocycles. The van der Waals surface area contributed by atoms with Crippen molar-refractivity contribution in [2.45, 2.75) is 46.3 Å². The summed E-state index contributed by atoms with van der Waals surface area (Å²) in [6.45, 7) is 11.8. The van der Waals surface area contributed by atoms with Crippen LogP contribution in [0.1, 0.15) is 34.6 Å². The van der Waals surface area contributed by atoms with Crippen molar-refractivity contribution in [2.75, 3.05) is 26.7 Å². The summed E-state index contributed by atoms with van der Waals surface area (Å²) in [4.78, 5) is 13.8. The van der Waals surface area contributed by atoms with E-state index in [2.05, 4.69) is 5.32 Å². The normalized spacial score (nSPS) is 11.9. The van der Waals surface area contributed by atoms with Crippen molar-refractivity contribution in [3.8, 4) is 0 Å². The van der Waals surface area contributed by atoms with Crippen LogP contribution in [-0.2, 0) is 9.53 Å². The summed E-state index contributed by atoms with van der Waals surface area (Å²) in [5.74, 6) is 0.0988. The number of carbonyl (C=O) groups is 1. The highest BCUT2D eigenvalue weighted by atomic mass is 16.5. The predicted octanol–water partition coefficient (Wildman–Crippen LogP) is 1.26. The number of ether oxygens (including phenoxy) is 1. The molecule has 0 fully saturated rings. The lowest BCUT2D eigenvalue weighted by atomic mass is 10.0. The minimum Gasteiger partial charge on any atom is -0.377 e. The molecule has 0 saturated heterocycles. The van der Waals surface area contributed by atoms with E-state index in [1.807, 2.05) is 41.7 Å². The molecular weight excluding hydrogens is 204 g/mol. The molecule has 96 valence electrons. The van der Waals surface area contributed by atoms with Crippen molar-refractivity contribution in [1.29, 1.82) is 0 Å². The fourth-order valence-electron chi connectivity index (χ4n) is 1.52. The molecule has 0 atom stereocenters. The first-order valence-corrected chi connectivity index (χ1v) is 5.93. The van der Waals surface area contributed by atoms with Crippen LogP contribution in [-0.4, -0.2) is 49.2 Å². The van der Waals surface area contributed by atoms with E-state index in [4.69, 9.17) is 4.74 Å². The molecule has 1 N–H and O–H groups in total. The lowest BCUT2D eigenvalue weighted by Crippen LogP contribution is -2.53. The summed E-state index contributed by atoms with van der Waals surface area (Å²) in [6.07, 6.45) is 0.213. The van der Waals surface area contributed by atoms with Gasteiger partial charge in [-0.25, -0.2) is 0 Å². The Kier molecular flexibility index (Phi) is 6.60. The zero-order chi connectivity index (χ0) is 12.8. The van der Waals surface area contributed by atoms with Crippen LogP contribution in [0.3, 0.4) is 0 Å². The Bertz CT molecular complexity index is 215. The van der Waals surface area contributed by atoms with Gasteiger partial charge in [0, 0.05) is 13.6 Å². The van der Waals surface area contributed by atoms with Gasteiger partial charge in [-0.3, -0.25) is 4.79 Å². The summed E-state index contributed by atoms with van der Waals surface area (Å²) in [5, 5.41) is 3.17. The second kappa shape index (κ2) is 6.86. The zero-order valence-electron chi connectivity index (χ0n) is 11.5. The number of hydrogen-bond acceptors (Lipinski definition) is 3. The third kappa shape index (κ3) is 5.47. The molecule has 0 aromatic carbocycles. The topological polar surface area (TPSA) is 41.6 Å². The van der Waals surface area contributed by atoms with Gasteiger partial charge in [0.2, 0.25) is 5.91 Å². The van der Waals surface area contributed by atoms with E-state index in [0.29, 0.717) is 13.2 Å². The average Bonchev–Trinajstić information content (AvgIpc) is 2.15. The summed E-state index contributed by atoms with van der Waals surface area (Å²) in [6, 6.07) is 0. The summed E-state index contributed by atoms with van der Waals surface area (Å²) in [5.41, 5.74) is -0.499. The number of rotatable bonds is 7. The number of hydrogen-bond donors (Lipinski definition) is 1. The maximum atomic E-state index is 12.0. The van der Waals surface area contributed by atoms with Gasteiger partial charge in [-0.15, -0.1) is 0 Å². The Morgan fingerprint density at radius 2 is 2.00 bits per heavy atom. The van der Waals surface area contributed by atoms with E-state index in [0.717, 1.165) is 6.54 Å². The van der Waals surface area contributed by atoms with E-state index in [1.54, 1.807) is 4.90 Å². The van der Waals surface area contributed by atoms with Crippen LogP contribution in [0.4, 0.5) is 0 Å². The van der Waals surface area contributed by atoms with E-state index in [1.165, 1.54) is 0 Å². The van der Waals surface area contributed by atoms with Crippen LogP contribution in [0, 0.1) is 0 Å². The highest BCUT2D eigenvalue weighted by Gasteiger charge is 2.28. The summed E-state index contributed by atoms with van der Waals surface area (Å²) in [7, 11) is 1.81. The average molecular weight is 230 g/mol. The standard InChI is InChI=1S/C12H26N2O2/c1-7-13-12(4,5)11(15)14(6)8-9-16-10(2)3/h10,13H,7-9H2,1-6H3. The third-order valence-electron chi connectivity index (χ3n) is 2.38. The highest BCUT2D eigenvalue weighted by molar-refractivity contribution is 5.85. The summed E-state index contributed by atoms with van der Waals surface area (Å²) < 4.78 is 5.42. The molecule has 0 unspecified atom stereocenters. The molecule has 0 aliphatic rings. The minimum absolute atomic E-state index is 0.0988. The molecular formula is C12H26N2O2. The quantitative estimate of drug-likeness (QED) is 0.716. The molecule has 0 aliphatic heterocycles. The molecule has 0 rings (SSSR count). The Morgan fingerprint density at radius 1 is 1.44 bits per heavy atom.